The summed E-state index contributed by atoms with van der Waals surface area (Å²) in [5.41, 5.74) is 1.40. The first-order valence-electron chi connectivity index (χ1n) is 4.09. The van der Waals surface area contributed by atoms with E-state index in [0.717, 1.165) is 6.54 Å². The van der Waals surface area contributed by atoms with Crippen molar-refractivity contribution in [3.63, 3.8) is 0 Å². The second kappa shape index (κ2) is 5.48. The molecule has 0 aliphatic heterocycles. The highest BCUT2D eigenvalue weighted by Crippen LogP contribution is 1.97. The van der Waals surface area contributed by atoms with Crippen molar-refractivity contribution >= 4 is 0 Å². The second-order valence-corrected chi connectivity index (χ2v) is 2.82. The molecule has 0 saturated carbocycles. The monoisotopic (exact) mass is 141 g/mol. The normalized spacial score (nSPS) is 12.8. The Morgan fingerprint density at radius 3 is 2.30 bits per heavy atom. The molecular weight excluding hydrogens is 122 g/mol. The lowest BCUT2D eigenvalue weighted by atomic mass is 10.1. The minimum atomic E-state index is 0.579. The number of allylic oxidation sites excluding steroid dienone is 1. The molecule has 0 bridgehead atoms. The summed E-state index contributed by atoms with van der Waals surface area (Å²) >= 11 is 0. The maximum atomic E-state index is 3.39. The Morgan fingerprint density at radius 2 is 2.00 bits per heavy atom. The third-order valence-electron chi connectivity index (χ3n) is 1.44. The number of hydrogen-bond donors (Lipinski definition) is 1. The highest BCUT2D eigenvalue weighted by Gasteiger charge is 1.97. The van der Waals surface area contributed by atoms with Gasteiger partial charge in [-0.1, -0.05) is 25.5 Å². The molecule has 0 rings (SSSR count). The van der Waals surface area contributed by atoms with Gasteiger partial charge < -0.3 is 5.32 Å². The molecule has 0 spiro atoms. The van der Waals surface area contributed by atoms with Crippen LogP contribution in [0.5, 0.6) is 0 Å². The van der Waals surface area contributed by atoms with E-state index in [1.807, 2.05) is 0 Å². The lowest BCUT2D eigenvalue weighted by Crippen LogP contribution is -2.26. The largest absolute Gasteiger partial charge is 0.311 e. The Labute approximate surface area is 64.5 Å². The highest BCUT2D eigenvalue weighted by atomic mass is 14.9. The van der Waals surface area contributed by atoms with E-state index in [2.05, 4.69) is 39.1 Å². The van der Waals surface area contributed by atoms with Crippen LogP contribution in [0.4, 0.5) is 0 Å². The second-order valence-electron chi connectivity index (χ2n) is 2.82. The number of hydrogen-bond acceptors (Lipinski definition) is 1. The van der Waals surface area contributed by atoms with Crippen LogP contribution < -0.4 is 5.32 Å². The Balaban J connectivity index is 3.71. The van der Waals surface area contributed by atoms with Crippen LogP contribution in [-0.4, -0.2) is 12.6 Å². The Morgan fingerprint density at radius 1 is 1.40 bits per heavy atom. The van der Waals surface area contributed by atoms with E-state index in [4.69, 9.17) is 0 Å². The lowest BCUT2D eigenvalue weighted by Gasteiger charge is -2.10. The minimum absolute atomic E-state index is 0.579. The van der Waals surface area contributed by atoms with Gasteiger partial charge in [0, 0.05) is 6.04 Å². The Hall–Kier alpha value is -0.300. The molecule has 0 fully saturated rings. The van der Waals surface area contributed by atoms with Gasteiger partial charge in [-0.05, 0) is 26.8 Å². The molecule has 0 aliphatic carbocycles. The van der Waals surface area contributed by atoms with Crippen LogP contribution in [0, 0.1) is 0 Å². The SMILES string of the molecule is CCN[C@@H](C=C(C)C)CC. The molecule has 1 atom stereocenters. The smallest absolute Gasteiger partial charge is 0.0249 e. The van der Waals surface area contributed by atoms with Gasteiger partial charge in [-0.2, -0.15) is 0 Å². The van der Waals surface area contributed by atoms with E-state index < -0.39 is 0 Å². The van der Waals surface area contributed by atoms with Gasteiger partial charge in [0.1, 0.15) is 0 Å². The molecule has 60 valence electrons. The molecule has 0 aromatic carbocycles. The zero-order chi connectivity index (χ0) is 7.98. The third-order valence-corrected chi connectivity index (χ3v) is 1.44. The van der Waals surface area contributed by atoms with E-state index in [9.17, 15) is 0 Å². The topological polar surface area (TPSA) is 12.0 Å². The van der Waals surface area contributed by atoms with Gasteiger partial charge in [-0.15, -0.1) is 0 Å². The molecular formula is C9H19N. The van der Waals surface area contributed by atoms with Crippen LogP contribution in [0.3, 0.4) is 0 Å². The highest BCUT2D eigenvalue weighted by molar-refractivity contribution is 5.00. The zero-order valence-electron chi connectivity index (χ0n) is 7.57. The molecule has 0 aromatic rings. The van der Waals surface area contributed by atoms with Crippen molar-refractivity contribution in [1.82, 2.24) is 5.32 Å². The predicted molar refractivity (Wildman–Crippen MR) is 47.2 cm³/mol. The van der Waals surface area contributed by atoms with Gasteiger partial charge >= 0.3 is 0 Å². The van der Waals surface area contributed by atoms with Crippen LogP contribution in [0.2, 0.25) is 0 Å². The number of nitrogens with one attached hydrogen (secondary N) is 1. The van der Waals surface area contributed by atoms with Gasteiger partial charge in [0.25, 0.3) is 0 Å². The molecule has 1 N–H and O–H groups in total. The van der Waals surface area contributed by atoms with E-state index in [0.29, 0.717) is 6.04 Å². The van der Waals surface area contributed by atoms with Gasteiger partial charge in [-0.25, -0.2) is 0 Å². The summed E-state index contributed by atoms with van der Waals surface area (Å²) in [4.78, 5) is 0. The summed E-state index contributed by atoms with van der Waals surface area (Å²) < 4.78 is 0. The van der Waals surface area contributed by atoms with Crippen molar-refractivity contribution in [2.45, 2.75) is 40.2 Å². The number of rotatable bonds is 4. The van der Waals surface area contributed by atoms with Crippen molar-refractivity contribution < 1.29 is 0 Å². The van der Waals surface area contributed by atoms with Crippen LogP contribution in [-0.2, 0) is 0 Å². The van der Waals surface area contributed by atoms with E-state index in [-0.39, 0.29) is 0 Å². The van der Waals surface area contributed by atoms with E-state index in [1.165, 1.54) is 12.0 Å². The molecule has 0 saturated heterocycles. The Kier molecular flexibility index (Phi) is 5.32. The van der Waals surface area contributed by atoms with Crippen molar-refractivity contribution in [2.75, 3.05) is 6.54 Å². The summed E-state index contributed by atoms with van der Waals surface area (Å²) in [6.45, 7) is 9.68. The molecule has 0 aromatic heterocycles. The van der Waals surface area contributed by atoms with Crippen molar-refractivity contribution in [3.8, 4) is 0 Å². The zero-order valence-corrected chi connectivity index (χ0v) is 7.57. The average Bonchev–Trinajstić information content (AvgIpc) is 1.86. The van der Waals surface area contributed by atoms with Crippen molar-refractivity contribution in [1.29, 1.82) is 0 Å². The first-order chi connectivity index (χ1) is 4.70. The lowest BCUT2D eigenvalue weighted by molar-refractivity contribution is 0.596. The van der Waals surface area contributed by atoms with Gasteiger partial charge in [0.15, 0.2) is 0 Å². The molecule has 10 heavy (non-hydrogen) atoms. The van der Waals surface area contributed by atoms with E-state index >= 15 is 0 Å². The Bertz CT molecular complexity index is 101. The quantitative estimate of drug-likeness (QED) is 0.592. The van der Waals surface area contributed by atoms with Gasteiger partial charge in [0.2, 0.25) is 0 Å². The fraction of sp³-hybridized carbons (Fsp3) is 0.778. The summed E-state index contributed by atoms with van der Waals surface area (Å²) in [6, 6.07) is 0.579. The molecule has 0 amide bonds. The predicted octanol–water partition coefficient (Wildman–Crippen LogP) is 2.34. The molecule has 0 radical (unpaired) electrons. The average molecular weight is 141 g/mol. The van der Waals surface area contributed by atoms with E-state index in [1.54, 1.807) is 0 Å². The molecule has 0 heterocycles. The van der Waals surface area contributed by atoms with Crippen LogP contribution >= 0.6 is 0 Å². The fourth-order valence-electron chi connectivity index (χ4n) is 0.986. The fourth-order valence-corrected chi connectivity index (χ4v) is 0.986. The molecule has 0 unspecified atom stereocenters. The standard InChI is InChI=1S/C9H19N/c1-5-9(10-6-2)7-8(3)4/h7,9-10H,5-6H2,1-4H3/t9-/m1/s1. The maximum absolute atomic E-state index is 3.39. The van der Waals surface area contributed by atoms with Crippen molar-refractivity contribution in [2.24, 2.45) is 0 Å². The molecule has 0 aliphatic rings. The molecule has 1 nitrogen and oxygen atoms in total. The van der Waals surface area contributed by atoms with Crippen LogP contribution in [0.25, 0.3) is 0 Å². The summed E-state index contributed by atoms with van der Waals surface area (Å²) in [7, 11) is 0. The first-order valence-corrected chi connectivity index (χ1v) is 4.09. The molecule has 1 heteroatoms. The minimum Gasteiger partial charge on any atom is -0.311 e. The summed E-state index contributed by atoms with van der Waals surface area (Å²) in [6.07, 6.45) is 3.46. The van der Waals surface area contributed by atoms with Gasteiger partial charge in [0.05, 0.1) is 0 Å². The first kappa shape index (κ1) is 9.70. The van der Waals surface area contributed by atoms with Crippen LogP contribution in [0.1, 0.15) is 34.1 Å². The number of likely N-dealkylation sites (N-methyl/N-ethyl adjacent to an activating group) is 1. The summed E-state index contributed by atoms with van der Waals surface area (Å²) in [5.74, 6) is 0. The summed E-state index contributed by atoms with van der Waals surface area (Å²) in [5, 5.41) is 3.39. The van der Waals surface area contributed by atoms with Crippen LogP contribution in [0.15, 0.2) is 11.6 Å². The third kappa shape index (κ3) is 4.57. The van der Waals surface area contributed by atoms with Crippen molar-refractivity contribution in [3.05, 3.63) is 11.6 Å². The maximum Gasteiger partial charge on any atom is 0.0249 e. The van der Waals surface area contributed by atoms with Gasteiger partial charge in [-0.3, -0.25) is 0 Å².